The molecule has 0 radical (unpaired) electrons. The van der Waals surface area contributed by atoms with Gasteiger partial charge in [-0.05, 0) is 36.4 Å². The van der Waals surface area contributed by atoms with Crippen molar-refractivity contribution in [2.45, 2.75) is 0 Å². The smallest absolute Gasteiger partial charge is 0.267 e. The molecule has 1 N–H and O–H groups in total. The van der Waals surface area contributed by atoms with Gasteiger partial charge in [-0.2, -0.15) is 0 Å². The molecule has 140 valence electrons. The second-order valence-electron chi connectivity index (χ2n) is 6.10. The first-order valence-electron chi connectivity index (χ1n) is 8.34. The first-order valence-corrected chi connectivity index (χ1v) is 9.91. The van der Waals surface area contributed by atoms with Crippen LogP contribution in [0.3, 0.4) is 0 Å². The van der Waals surface area contributed by atoms with Crippen molar-refractivity contribution in [3.63, 3.8) is 0 Å². The average molecular weight is 425 g/mol. The Morgan fingerprint density at radius 3 is 2.70 bits per heavy atom. The molecule has 1 aromatic heterocycles. The van der Waals surface area contributed by atoms with E-state index in [9.17, 15) is 9.18 Å². The van der Waals surface area contributed by atoms with Crippen molar-refractivity contribution < 1.29 is 13.9 Å². The van der Waals surface area contributed by atoms with Crippen LogP contribution in [0.1, 0.15) is 9.67 Å². The van der Waals surface area contributed by atoms with Crippen LogP contribution in [-0.4, -0.2) is 32.2 Å². The van der Waals surface area contributed by atoms with E-state index in [-0.39, 0.29) is 11.7 Å². The van der Waals surface area contributed by atoms with Crippen LogP contribution >= 0.6 is 34.5 Å². The lowest BCUT2D eigenvalue weighted by molar-refractivity contribution is 0.103. The van der Waals surface area contributed by atoms with Crippen LogP contribution in [0.5, 0.6) is 0 Å². The number of rotatable bonds is 3. The molecule has 0 atom stereocenters. The predicted octanol–water partition coefficient (Wildman–Crippen LogP) is 5.44. The molecular formula is C19H15Cl2FN2O2S. The van der Waals surface area contributed by atoms with Gasteiger partial charge in [0.15, 0.2) is 0 Å². The van der Waals surface area contributed by atoms with Gasteiger partial charge in [0.25, 0.3) is 5.91 Å². The number of halogens is 3. The molecule has 2 heterocycles. The number of fused-ring (bicyclic) bond motifs is 1. The molecular weight excluding hydrogens is 410 g/mol. The number of thiophene rings is 1. The van der Waals surface area contributed by atoms with Gasteiger partial charge in [-0.25, -0.2) is 4.39 Å². The van der Waals surface area contributed by atoms with Gasteiger partial charge >= 0.3 is 0 Å². The van der Waals surface area contributed by atoms with Gasteiger partial charge in [-0.15, -0.1) is 11.3 Å². The molecule has 0 bridgehead atoms. The third-order valence-corrected chi connectivity index (χ3v) is 6.25. The van der Waals surface area contributed by atoms with Crippen molar-refractivity contribution in [3.8, 4) is 0 Å². The summed E-state index contributed by atoms with van der Waals surface area (Å²) in [6.07, 6.45) is 0. The van der Waals surface area contributed by atoms with E-state index >= 15 is 0 Å². The number of nitrogens with zero attached hydrogens (tertiary/aromatic N) is 1. The normalized spacial score (nSPS) is 14.6. The molecule has 2 aromatic carbocycles. The highest BCUT2D eigenvalue weighted by Gasteiger charge is 2.21. The Bertz CT molecular complexity index is 1020. The van der Waals surface area contributed by atoms with Gasteiger partial charge in [0, 0.05) is 28.2 Å². The summed E-state index contributed by atoms with van der Waals surface area (Å²) in [5.74, 6) is -0.713. The van der Waals surface area contributed by atoms with Gasteiger partial charge < -0.3 is 15.0 Å². The van der Waals surface area contributed by atoms with E-state index in [1.54, 1.807) is 18.2 Å². The number of amides is 1. The molecule has 27 heavy (non-hydrogen) atoms. The molecule has 3 aromatic rings. The molecule has 1 fully saturated rings. The Morgan fingerprint density at radius 1 is 1.15 bits per heavy atom. The van der Waals surface area contributed by atoms with Crippen LogP contribution in [0.15, 0.2) is 36.4 Å². The van der Waals surface area contributed by atoms with Crippen LogP contribution < -0.4 is 10.2 Å². The summed E-state index contributed by atoms with van der Waals surface area (Å²) in [6, 6.07) is 9.67. The molecule has 1 aliphatic heterocycles. The van der Waals surface area contributed by atoms with Crippen molar-refractivity contribution in [1.82, 2.24) is 0 Å². The summed E-state index contributed by atoms with van der Waals surface area (Å²) < 4.78 is 19.5. The zero-order valence-corrected chi connectivity index (χ0v) is 16.4. The Kier molecular flexibility index (Phi) is 5.23. The molecule has 1 saturated heterocycles. The van der Waals surface area contributed by atoms with E-state index in [2.05, 4.69) is 10.2 Å². The van der Waals surface area contributed by atoms with Crippen molar-refractivity contribution in [1.29, 1.82) is 0 Å². The summed E-state index contributed by atoms with van der Waals surface area (Å²) in [5, 5.41) is 4.41. The topological polar surface area (TPSA) is 41.6 Å². The number of carbonyl (C=O) groups is 1. The minimum atomic E-state index is -0.364. The van der Waals surface area contributed by atoms with Gasteiger partial charge in [-0.3, -0.25) is 4.79 Å². The second kappa shape index (κ2) is 7.64. The molecule has 1 aliphatic rings. The van der Waals surface area contributed by atoms with E-state index < -0.39 is 0 Å². The number of ether oxygens (including phenoxy) is 1. The molecule has 0 unspecified atom stereocenters. The lowest BCUT2D eigenvalue weighted by Gasteiger charge is -2.30. The van der Waals surface area contributed by atoms with Gasteiger partial charge in [0.05, 0.1) is 29.6 Å². The Balaban J connectivity index is 1.67. The number of benzene rings is 2. The zero-order chi connectivity index (χ0) is 19.0. The quantitative estimate of drug-likeness (QED) is 0.608. The van der Waals surface area contributed by atoms with Crippen LogP contribution in [0.2, 0.25) is 10.0 Å². The first kappa shape index (κ1) is 18.5. The highest BCUT2D eigenvalue weighted by atomic mass is 35.5. The molecule has 0 saturated carbocycles. The zero-order valence-electron chi connectivity index (χ0n) is 14.1. The predicted molar refractivity (Wildman–Crippen MR) is 109 cm³/mol. The summed E-state index contributed by atoms with van der Waals surface area (Å²) in [4.78, 5) is 15.3. The third kappa shape index (κ3) is 3.75. The molecule has 4 nitrogen and oxygen atoms in total. The average Bonchev–Trinajstić information content (AvgIpc) is 2.98. The Labute approximate surface area is 169 Å². The highest BCUT2D eigenvalue weighted by Crippen LogP contribution is 2.37. The fraction of sp³-hybridized carbons (Fsp3) is 0.211. The van der Waals surface area contributed by atoms with Crippen LogP contribution in [0.25, 0.3) is 10.1 Å². The fourth-order valence-corrected chi connectivity index (χ4v) is 4.66. The SMILES string of the molecule is O=C(Nc1cc(Cl)ccc1N1CCOCC1)c1sc2cc(F)ccc2c1Cl. The van der Waals surface area contributed by atoms with Crippen LogP contribution in [0.4, 0.5) is 15.8 Å². The monoisotopic (exact) mass is 424 g/mol. The standard InChI is InChI=1S/C19H15Cl2FN2O2S/c20-11-1-4-15(24-5-7-26-8-6-24)14(9-11)23-19(25)18-17(21)13-3-2-12(22)10-16(13)27-18/h1-4,9-10H,5-8H2,(H,23,25). The first-order chi connectivity index (χ1) is 13.0. The largest absolute Gasteiger partial charge is 0.378 e. The van der Waals surface area contributed by atoms with E-state index in [1.165, 1.54) is 12.1 Å². The fourth-order valence-electron chi connectivity index (χ4n) is 3.05. The maximum atomic E-state index is 13.5. The number of carbonyl (C=O) groups excluding carboxylic acids is 1. The number of anilines is 2. The summed E-state index contributed by atoms with van der Waals surface area (Å²) >= 11 is 13.7. The number of hydrogen-bond donors (Lipinski definition) is 1. The van der Waals surface area contributed by atoms with E-state index in [0.717, 1.165) is 30.1 Å². The Hall–Kier alpha value is -1.86. The van der Waals surface area contributed by atoms with E-state index in [1.807, 2.05) is 6.07 Å². The molecule has 0 spiro atoms. The summed E-state index contributed by atoms with van der Waals surface area (Å²) in [7, 11) is 0. The molecule has 0 aliphatic carbocycles. The van der Waals surface area contributed by atoms with Crippen molar-refractivity contribution in [3.05, 3.63) is 57.1 Å². The molecule has 1 amide bonds. The molecule has 8 heteroatoms. The molecule has 4 rings (SSSR count). The maximum Gasteiger partial charge on any atom is 0.267 e. The van der Waals surface area contributed by atoms with Gasteiger partial charge in [0.2, 0.25) is 0 Å². The van der Waals surface area contributed by atoms with Crippen molar-refractivity contribution >= 4 is 61.9 Å². The number of hydrogen-bond acceptors (Lipinski definition) is 4. The van der Waals surface area contributed by atoms with E-state index in [4.69, 9.17) is 27.9 Å². The highest BCUT2D eigenvalue weighted by molar-refractivity contribution is 7.21. The van der Waals surface area contributed by atoms with Gasteiger partial charge in [-0.1, -0.05) is 23.2 Å². The Morgan fingerprint density at radius 2 is 1.93 bits per heavy atom. The minimum absolute atomic E-state index is 0.322. The van der Waals surface area contributed by atoms with Crippen LogP contribution in [0, 0.1) is 5.82 Å². The number of morpholine rings is 1. The van der Waals surface area contributed by atoms with Crippen molar-refractivity contribution in [2.75, 3.05) is 36.5 Å². The third-order valence-electron chi connectivity index (χ3n) is 4.36. The minimum Gasteiger partial charge on any atom is -0.378 e. The second-order valence-corrected chi connectivity index (χ2v) is 7.97. The van der Waals surface area contributed by atoms with Crippen LogP contribution in [-0.2, 0) is 4.74 Å². The van der Waals surface area contributed by atoms with E-state index in [0.29, 0.717) is 43.9 Å². The van der Waals surface area contributed by atoms with Crippen molar-refractivity contribution in [2.24, 2.45) is 0 Å². The lowest BCUT2D eigenvalue weighted by atomic mass is 10.2. The lowest BCUT2D eigenvalue weighted by Crippen LogP contribution is -2.36. The van der Waals surface area contributed by atoms with Gasteiger partial charge in [0.1, 0.15) is 10.7 Å². The summed E-state index contributed by atoms with van der Waals surface area (Å²) in [5.41, 5.74) is 1.48. The summed E-state index contributed by atoms with van der Waals surface area (Å²) in [6.45, 7) is 2.72. The maximum absolute atomic E-state index is 13.5. The number of nitrogens with one attached hydrogen (secondary N) is 1.